The molecular weight excluding hydrogens is 220 g/mol. The number of fused-ring (bicyclic) bond motifs is 1. The van der Waals surface area contributed by atoms with E-state index in [2.05, 4.69) is 15.9 Å². The zero-order valence-corrected chi connectivity index (χ0v) is 7.87. The number of cyclic esters (lactones) is 1. The normalized spacial score (nSPS) is 20.4. The van der Waals surface area contributed by atoms with Crippen LogP contribution in [-0.2, 0) is 4.74 Å². The number of carbonyl (C=O) groups is 1. The van der Waals surface area contributed by atoms with E-state index in [9.17, 15) is 4.79 Å². The van der Waals surface area contributed by atoms with Crippen molar-refractivity contribution in [2.45, 2.75) is 6.10 Å². The van der Waals surface area contributed by atoms with Crippen molar-refractivity contribution >= 4 is 21.9 Å². The Morgan fingerprint density at radius 1 is 1.42 bits per heavy atom. The zero-order valence-electron chi connectivity index (χ0n) is 6.29. The molecule has 0 saturated heterocycles. The van der Waals surface area contributed by atoms with E-state index >= 15 is 0 Å². The summed E-state index contributed by atoms with van der Waals surface area (Å²) in [7, 11) is 0. The smallest absolute Gasteiger partial charge is 0.339 e. The van der Waals surface area contributed by atoms with Crippen LogP contribution in [0.5, 0.6) is 0 Å². The van der Waals surface area contributed by atoms with E-state index in [1.165, 1.54) is 0 Å². The average molecular weight is 227 g/mol. The second-order valence-electron chi connectivity index (χ2n) is 2.64. The minimum atomic E-state index is -0.213. The molecule has 0 fully saturated rings. The third-order valence-corrected chi connectivity index (χ3v) is 2.51. The van der Waals surface area contributed by atoms with Crippen LogP contribution in [0.15, 0.2) is 24.3 Å². The molecule has 1 atom stereocenters. The van der Waals surface area contributed by atoms with Gasteiger partial charge < -0.3 is 4.74 Å². The third-order valence-electron chi connectivity index (χ3n) is 1.92. The largest absolute Gasteiger partial charge is 0.453 e. The van der Waals surface area contributed by atoms with Crippen LogP contribution in [0.25, 0.3) is 0 Å². The maximum absolute atomic E-state index is 11.2. The van der Waals surface area contributed by atoms with Gasteiger partial charge in [-0.05, 0) is 6.07 Å². The fraction of sp³-hybridized carbons (Fsp3) is 0.222. The number of benzene rings is 1. The number of esters is 1. The SMILES string of the molecule is O=C1O[C@H](CBr)c2ccccc21. The van der Waals surface area contributed by atoms with Crippen molar-refractivity contribution in [1.82, 2.24) is 0 Å². The highest BCUT2D eigenvalue weighted by molar-refractivity contribution is 9.09. The first-order valence-electron chi connectivity index (χ1n) is 3.69. The first-order chi connectivity index (χ1) is 5.83. The molecule has 0 aliphatic carbocycles. The van der Waals surface area contributed by atoms with Crippen LogP contribution in [0, 0.1) is 0 Å². The number of carbonyl (C=O) groups excluding carboxylic acids is 1. The van der Waals surface area contributed by atoms with Crippen LogP contribution in [0.3, 0.4) is 0 Å². The maximum atomic E-state index is 11.2. The Morgan fingerprint density at radius 3 is 2.92 bits per heavy atom. The van der Waals surface area contributed by atoms with E-state index in [0.29, 0.717) is 10.9 Å². The Morgan fingerprint density at radius 2 is 2.17 bits per heavy atom. The van der Waals surface area contributed by atoms with Crippen LogP contribution in [0.4, 0.5) is 0 Å². The third kappa shape index (κ3) is 1.05. The van der Waals surface area contributed by atoms with Gasteiger partial charge >= 0.3 is 5.97 Å². The molecule has 0 saturated carbocycles. The van der Waals surface area contributed by atoms with Gasteiger partial charge in [-0.15, -0.1) is 0 Å². The topological polar surface area (TPSA) is 26.3 Å². The first-order valence-corrected chi connectivity index (χ1v) is 4.81. The number of hydrogen-bond donors (Lipinski definition) is 0. The van der Waals surface area contributed by atoms with Crippen molar-refractivity contribution in [1.29, 1.82) is 0 Å². The molecule has 3 heteroatoms. The van der Waals surface area contributed by atoms with Crippen molar-refractivity contribution in [2.24, 2.45) is 0 Å². The van der Waals surface area contributed by atoms with E-state index in [1.54, 1.807) is 6.07 Å². The summed E-state index contributed by atoms with van der Waals surface area (Å²) in [5.41, 5.74) is 1.68. The molecule has 2 rings (SSSR count). The molecule has 62 valence electrons. The Bertz CT molecular complexity index is 322. The predicted octanol–water partition coefficient (Wildman–Crippen LogP) is 2.29. The first kappa shape index (κ1) is 7.80. The molecule has 0 spiro atoms. The molecule has 1 aliphatic heterocycles. The van der Waals surface area contributed by atoms with Gasteiger partial charge in [0.1, 0.15) is 6.10 Å². The maximum Gasteiger partial charge on any atom is 0.339 e. The van der Waals surface area contributed by atoms with Crippen LogP contribution in [-0.4, -0.2) is 11.3 Å². The van der Waals surface area contributed by atoms with Crippen molar-refractivity contribution in [3.8, 4) is 0 Å². The minimum absolute atomic E-state index is 0.103. The van der Waals surface area contributed by atoms with Gasteiger partial charge in [-0.2, -0.15) is 0 Å². The summed E-state index contributed by atoms with van der Waals surface area (Å²) in [6, 6.07) is 7.47. The second-order valence-corrected chi connectivity index (χ2v) is 3.28. The molecule has 1 aromatic carbocycles. The monoisotopic (exact) mass is 226 g/mol. The lowest BCUT2D eigenvalue weighted by molar-refractivity contribution is 0.0432. The fourth-order valence-electron chi connectivity index (χ4n) is 1.33. The van der Waals surface area contributed by atoms with Crippen molar-refractivity contribution in [2.75, 3.05) is 5.33 Å². The molecule has 0 aromatic heterocycles. The summed E-state index contributed by atoms with van der Waals surface area (Å²) in [5, 5.41) is 0.662. The van der Waals surface area contributed by atoms with E-state index < -0.39 is 0 Å². The van der Waals surface area contributed by atoms with Crippen molar-refractivity contribution in [3.05, 3.63) is 35.4 Å². The van der Waals surface area contributed by atoms with Gasteiger partial charge in [0, 0.05) is 10.9 Å². The highest BCUT2D eigenvalue weighted by Gasteiger charge is 2.29. The molecule has 0 N–H and O–H groups in total. The van der Waals surface area contributed by atoms with Gasteiger partial charge in [0.25, 0.3) is 0 Å². The molecule has 12 heavy (non-hydrogen) atoms. The Labute approximate surface area is 78.7 Å². The summed E-state index contributed by atoms with van der Waals surface area (Å²) in [4.78, 5) is 11.2. The van der Waals surface area contributed by atoms with Crippen LogP contribution in [0.1, 0.15) is 22.0 Å². The lowest BCUT2D eigenvalue weighted by Crippen LogP contribution is -1.98. The van der Waals surface area contributed by atoms with Crippen molar-refractivity contribution < 1.29 is 9.53 Å². The molecule has 2 nitrogen and oxygen atoms in total. The lowest BCUT2D eigenvalue weighted by Gasteiger charge is -2.04. The van der Waals surface area contributed by atoms with Gasteiger partial charge in [0.2, 0.25) is 0 Å². The van der Waals surface area contributed by atoms with Crippen LogP contribution >= 0.6 is 15.9 Å². The lowest BCUT2D eigenvalue weighted by atomic mass is 10.1. The molecule has 1 aliphatic rings. The Balaban J connectivity index is 2.50. The quantitative estimate of drug-likeness (QED) is 0.543. The summed E-state index contributed by atoms with van der Waals surface area (Å²) in [6.45, 7) is 0. The fourth-order valence-corrected chi connectivity index (χ4v) is 1.82. The molecule has 0 radical (unpaired) electrons. The molecule has 0 unspecified atom stereocenters. The molecular formula is C9H7BrO2. The number of hydrogen-bond acceptors (Lipinski definition) is 2. The summed E-state index contributed by atoms with van der Waals surface area (Å²) < 4.78 is 5.10. The van der Waals surface area contributed by atoms with Gasteiger partial charge in [0.05, 0.1) is 5.56 Å². The zero-order chi connectivity index (χ0) is 8.55. The van der Waals surface area contributed by atoms with Crippen LogP contribution < -0.4 is 0 Å². The van der Waals surface area contributed by atoms with Gasteiger partial charge in [-0.1, -0.05) is 34.1 Å². The van der Waals surface area contributed by atoms with Gasteiger partial charge in [0.15, 0.2) is 0 Å². The number of ether oxygens (including phenoxy) is 1. The summed E-state index contributed by atoms with van der Waals surface area (Å²) in [5.74, 6) is -0.213. The van der Waals surface area contributed by atoms with E-state index in [4.69, 9.17) is 4.74 Å². The molecule has 0 bridgehead atoms. The Kier molecular flexibility index (Phi) is 1.89. The number of alkyl halides is 1. The highest BCUT2D eigenvalue weighted by atomic mass is 79.9. The number of halogens is 1. The van der Waals surface area contributed by atoms with Crippen molar-refractivity contribution in [3.63, 3.8) is 0 Å². The summed E-state index contributed by atoms with van der Waals surface area (Å²) >= 11 is 3.30. The van der Waals surface area contributed by atoms with Crippen LogP contribution in [0.2, 0.25) is 0 Å². The average Bonchev–Trinajstić information content (AvgIpc) is 2.44. The standard InChI is InChI=1S/C9H7BrO2/c10-5-8-6-3-1-2-4-7(6)9(11)12-8/h1-4,8H,5H2/t8-/m1/s1. The summed E-state index contributed by atoms with van der Waals surface area (Å²) in [6.07, 6.45) is -0.103. The molecule has 1 aromatic rings. The molecule has 0 amide bonds. The van der Waals surface area contributed by atoms with E-state index in [0.717, 1.165) is 5.56 Å². The predicted molar refractivity (Wildman–Crippen MR) is 48.4 cm³/mol. The number of rotatable bonds is 1. The highest BCUT2D eigenvalue weighted by Crippen LogP contribution is 2.31. The van der Waals surface area contributed by atoms with Gasteiger partial charge in [-0.3, -0.25) is 0 Å². The minimum Gasteiger partial charge on any atom is -0.453 e. The van der Waals surface area contributed by atoms with Gasteiger partial charge in [-0.25, -0.2) is 4.79 Å². The molecule has 1 heterocycles. The Hall–Kier alpha value is -0.830. The van der Waals surface area contributed by atoms with E-state index in [1.807, 2.05) is 18.2 Å². The van der Waals surface area contributed by atoms with E-state index in [-0.39, 0.29) is 12.1 Å². The second kappa shape index (κ2) is 2.90.